The Kier molecular flexibility index (Phi) is 1.83. The summed E-state index contributed by atoms with van der Waals surface area (Å²) in [5, 5.41) is -2.60. The number of halogens is 2. The molecule has 30 valence electrons. The monoisotopic (exact) mass is 114 g/mol. The summed E-state index contributed by atoms with van der Waals surface area (Å²) in [4.78, 5) is 0. The van der Waals surface area contributed by atoms with Crippen LogP contribution in [-0.2, 0) is 16.0 Å². The second kappa shape index (κ2) is 1.68. The van der Waals surface area contributed by atoms with Gasteiger partial charge in [-0.25, -0.2) is 0 Å². The molecule has 0 atom stereocenters. The molecule has 0 aromatic rings. The molecule has 0 aliphatic carbocycles. The van der Waals surface area contributed by atoms with Crippen molar-refractivity contribution >= 4 is 0 Å². The van der Waals surface area contributed by atoms with Gasteiger partial charge in [-0.05, 0) is 0 Å². The van der Waals surface area contributed by atoms with Crippen molar-refractivity contribution < 1.29 is 24.8 Å². The molecule has 0 saturated carbocycles. The van der Waals surface area contributed by atoms with Crippen LogP contribution >= 0.6 is 0 Å². The molecule has 0 rings (SSSR count). The molecule has 0 spiro atoms. The quantitative estimate of drug-likeness (QED) is 0.408. The fraction of sp³-hybridized carbons (Fsp3) is 1.00. The van der Waals surface area contributed by atoms with Gasteiger partial charge in [-0.1, -0.05) is 0 Å². The van der Waals surface area contributed by atoms with Gasteiger partial charge in [0.15, 0.2) is 0 Å². The van der Waals surface area contributed by atoms with E-state index in [1.165, 1.54) is 0 Å². The summed E-state index contributed by atoms with van der Waals surface area (Å²) in [6, 6.07) is 0. The van der Waals surface area contributed by atoms with Crippen LogP contribution in [0.15, 0.2) is 0 Å². The van der Waals surface area contributed by atoms with E-state index >= 15 is 0 Å². The Hall–Kier alpha value is 0.379. The first-order chi connectivity index (χ1) is 1.73. The van der Waals surface area contributed by atoms with E-state index in [9.17, 15) is 8.78 Å². The molecule has 0 heterocycles. The van der Waals surface area contributed by atoms with Crippen molar-refractivity contribution in [2.45, 2.75) is 5.32 Å². The number of hydrogen-bond donors (Lipinski definition) is 0. The molecule has 0 fully saturated rings. The fourth-order valence-corrected chi connectivity index (χ4v) is 0. The minimum atomic E-state index is -2.60. The third-order valence-electron chi connectivity index (χ3n) is 0. The van der Waals surface area contributed by atoms with E-state index in [1.807, 2.05) is 0 Å². The van der Waals surface area contributed by atoms with Gasteiger partial charge in [-0.2, -0.15) is 0 Å². The maximum absolute atomic E-state index is 10.1. The van der Waals surface area contributed by atoms with E-state index < -0.39 is 5.32 Å². The molecule has 4 heavy (non-hydrogen) atoms. The standard InChI is InChI=1S/CHF2.Cu/c2-1-3;/h1H;. The molecule has 0 bridgehead atoms. The average Bonchev–Trinajstić information content (AvgIpc) is 0.811. The minimum absolute atomic E-state index is 2.60. The molecule has 0 radical (unpaired) electrons. The third kappa shape index (κ3) is 31.4. The van der Waals surface area contributed by atoms with E-state index in [2.05, 4.69) is 16.0 Å². The summed E-state index contributed by atoms with van der Waals surface area (Å²) in [5.74, 6) is 0. The van der Waals surface area contributed by atoms with Crippen molar-refractivity contribution in [1.82, 2.24) is 0 Å². The first kappa shape index (κ1) is 4.38. The van der Waals surface area contributed by atoms with E-state index in [1.54, 1.807) is 0 Å². The molecule has 0 amide bonds. The summed E-state index contributed by atoms with van der Waals surface area (Å²) in [5.41, 5.74) is 0. The molecule has 0 unspecified atom stereocenters. The second-order valence-electron chi connectivity index (χ2n) is 0.214. The van der Waals surface area contributed by atoms with Gasteiger partial charge in [-0.15, -0.1) is 0 Å². The molecule has 0 aromatic heterocycles. The topological polar surface area (TPSA) is 0 Å². The van der Waals surface area contributed by atoms with Crippen LogP contribution in [0.25, 0.3) is 0 Å². The Balaban J connectivity index is 2.32. The second-order valence-corrected chi connectivity index (χ2v) is 0.625. The van der Waals surface area contributed by atoms with Gasteiger partial charge in [0, 0.05) is 0 Å². The fourth-order valence-electron chi connectivity index (χ4n) is 0. The molecule has 0 aliphatic rings. The molecular formula is CHCuF2. The molecule has 0 nitrogen and oxygen atoms in total. The van der Waals surface area contributed by atoms with Crippen molar-refractivity contribution in [3.8, 4) is 0 Å². The van der Waals surface area contributed by atoms with Crippen LogP contribution in [-0.4, -0.2) is 5.32 Å². The molecule has 0 saturated heterocycles. The summed E-state index contributed by atoms with van der Waals surface area (Å²) < 4.78 is 20.3. The van der Waals surface area contributed by atoms with Crippen LogP contribution in [0.4, 0.5) is 8.78 Å². The van der Waals surface area contributed by atoms with Crippen LogP contribution in [0.2, 0.25) is 0 Å². The zero-order chi connectivity index (χ0) is 3.58. The summed E-state index contributed by atoms with van der Waals surface area (Å²) >= 11 is 3.41. The summed E-state index contributed by atoms with van der Waals surface area (Å²) in [7, 11) is 0. The van der Waals surface area contributed by atoms with Crippen LogP contribution in [0.5, 0.6) is 0 Å². The van der Waals surface area contributed by atoms with Gasteiger partial charge in [-0.3, -0.25) is 0 Å². The molecule has 0 N–H and O–H groups in total. The summed E-state index contributed by atoms with van der Waals surface area (Å²) in [6.07, 6.45) is 0. The zero-order valence-corrected chi connectivity index (χ0v) is 2.58. The van der Waals surface area contributed by atoms with Crippen molar-refractivity contribution in [2.24, 2.45) is 0 Å². The average molecular weight is 115 g/mol. The Labute approximate surface area is 31.0 Å². The van der Waals surface area contributed by atoms with Crippen molar-refractivity contribution in [1.29, 1.82) is 0 Å². The van der Waals surface area contributed by atoms with Gasteiger partial charge < -0.3 is 0 Å². The van der Waals surface area contributed by atoms with Crippen LogP contribution in [0.3, 0.4) is 0 Å². The molecule has 3 heteroatoms. The Morgan fingerprint density at radius 2 is 1.50 bits per heavy atom. The maximum atomic E-state index is 10.1. The predicted molar refractivity (Wildman–Crippen MR) is 6.00 cm³/mol. The SMILES string of the molecule is F[CH](F)[Cu]. The van der Waals surface area contributed by atoms with Gasteiger partial charge >= 0.3 is 30.1 Å². The van der Waals surface area contributed by atoms with E-state index in [0.29, 0.717) is 0 Å². The van der Waals surface area contributed by atoms with Gasteiger partial charge in [0.1, 0.15) is 0 Å². The van der Waals surface area contributed by atoms with E-state index in [0.717, 1.165) is 0 Å². The normalized spacial score (nSPS) is 9.25. The third-order valence-corrected chi connectivity index (χ3v) is 0. The van der Waals surface area contributed by atoms with E-state index in [-0.39, 0.29) is 0 Å². The first-order valence-electron chi connectivity index (χ1n) is 0.611. The van der Waals surface area contributed by atoms with Crippen molar-refractivity contribution in [3.63, 3.8) is 0 Å². The Bertz CT molecular complexity index is 10.8. The molecule has 0 aromatic carbocycles. The first-order valence-corrected chi connectivity index (χ1v) is 1.15. The molecule has 0 aliphatic heterocycles. The van der Waals surface area contributed by atoms with Crippen molar-refractivity contribution in [3.05, 3.63) is 0 Å². The van der Waals surface area contributed by atoms with Crippen molar-refractivity contribution in [2.75, 3.05) is 0 Å². The van der Waals surface area contributed by atoms with Crippen LogP contribution in [0, 0.1) is 0 Å². The van der Waals surface area contributed by atoms with Gasteiger partial charge in [0.05, 0.1) is 0 Å². The van der Waals surface area contributed by atoms with Gasteiger partial charge in [0.25, 0.3) is 0 Å². The van der Waals surface area contributed by atoms with Crippen LogP contribution < -0.4 is 0 Å². The summed E-state index contributed by atoms with van der Waals surface area (Å²) in [6.45, 7) is 0. The Morgan fingerprint density at radius 3 is 1.50 bits per heavy atom. The zero-order valence-electron chi connectivity index (χ0n) is 1.63. The number of alkyl halides is 2. The number of rotatable bonds is 0. The van der Waals surface area contributed by atoms with Gasteiger partial charge in [0.2, 0.25) is 0 Å². The van der Waals surface area contributed by atoms with Crippen LogP contribution in [0.1, 0.15) is 0 Å². The molecular weight excluding hydrogens is 114 g/mol. The number of hydrogen-bond acceptors (Lipinski definition) is 0. The predicted octanol–water partition coefficient (Wildman–Crippen LogP) is 0.756. The van der Waals surface area contributed by atoms with E-state index in [4.69, 9.17) is 0 Å². The Morgan fingerprint density at radius 1 is 1.50 bits per heavy atom.